The summed E-state index contributed by atoms with van der Waals surface area (Å²) in [7, 11) is 1.68. The number of hydrogen-bond acceptors (Lipinski definition) is 5. The van der Waals surface area contributed by atoms with Crippen LogP contribution in [-0.4, -0.2) is 23.3 Å². The number of aryl methyl sites for hydroxylation is 1. The number of aliphatic imine (C=N–C) groups is 1. The molecule has 6 heteroatoms. The van der Waals surface area contributed by atoms with Crippen LogP contribution in [0.2, 0.25) is 0 Å². The number of hydrogen-bond donors (Lipinski definition) is 0. The molecule has 4 rings (SSSR count). The first kappa shape index (κ1) is 19.0. The zero-order valence-corrected chi connectivity index (χ0v) is 16.9. The number of carbonyl (C=O) groups excluding carboxylic acids is 1. The molecule has 29 heavy (non-hydrogen) atoms. The van der Waals surface area contributed by atoms with Crippen molar-refractivity contribution in [3.05, 3.63) is 88.1 Å². The molecule has 1 saturated heterocycles. The van der Waals surface area contributed by atoms with Gasteiger partial charge in [-0.3, -0.25) is 9.79 Å². The van der Waals surface area contributed by atoms with Crippen molar-refractivity contribution in [2.45, 2.75) is 6.92 Å². The smallest absolute Gasteiger partial charge is 0.271 e. The Kier molecular flexibility index (Phi) is 5.44. The van der Waals surface area contributed by atoms with Gasteiger partial charge in [-0.2, -0.15) is 0 Å². The predicted molar refractivity (Wildman–Crippen MR) is 119 cm³/mol. The van der Waals surface area contributed by atoms with Crippen LogP contribution >= 0.6 is 11.8 Å². The van der Waals surface area contributed by atoms with E-state index in [-0.39, 0.29) is 5.91 Å². The molecule has 0 unspecified atom stereocenters. The molecule has 0 N–H and O–H groups in total. The summed E-state index contributed by atoms with van der Waals surface area (Å²) in [5, 5.41) is 4.68. The van der Waals surface area contributed by atoms with E-state index in [1.54, 1.807) is 11.9 Å². The van der Waals surface area contributed by atoms with Gasteiger partial charge in [0.1, 0.15) is 11.4 Å². The van der Waals surface area contributed by atoms with Crippen LogP contribution in [0.3, 0.4) is 0 Å². The first-order valence-corrected chi connectivity index (χ1v) is 9.94. The summed E-state index contributed by atoms with van der Waals surface area (Å²) < 4.78 is 5.51. The van der Waals surface area contributed by atoms with Crippen LogP contribution in [0.1, 0.15) is 22.6 Å². The SMILES string of the molecule is CN=C1S/C(=C\c2ccccc2)C(=O)N1c1c(C)noc1/C=C/c1ccccc1. The van der Waals surface area contributed by atoms with E-state index in [0.29, 0.717) is 27.2 Å². The van der Waals surface area contributed by atoms with Gasteiger partial charge in [0.05, 0.1) is 4.91 Å². The molecule has 0 atom stereocenters. The number of thioether (sulfide) groups is 1. The van der Waals surface area contributed by atoms with Crippen LogP contribution in [0.5, 0.6) is 0 Å². The van der Waals surface area contributed by atoms with Gasteiger partial charge in [-0.05, 0) is 42.0 Å². The molecule has 1 amide bonds. The molecule has 2 heterocycles. The summed E-state index contributed by atoms with van der Waals surface area (Å²) in [6.45, 7) is 1.82. The van der Waals surface area contributed by atoms with Crippen molar-refractivity contribution in [2.75, 3.05) is 11.9 Å². The van der Waals surface area contributed by atoms with Crippen LogP contribution in [0, 0.1) is 6.92 Å². The molecule has 144 valence electrons. The van der Waals surface area contributed by atoms with Crippen molar-refractivity contribution in [3.8, 4) is 0 Å². The molecular formula is C23H19N3O2S. The second-order valence-electron chi connectivity index (χ2n) is 6.39. The van der Waals surface area contributed by atoms with Gasteiger partial charge in [-0.1, -0.05) is 71.9 Å². The second kappa shape index (κ2) is 8.32. The van der Waals surface area contributed by atoms with Crippen LogP contribution in [0.4, 0.5) is 5.69 Å². The lowest BCUT2D eigenvalue weighted by atomic mass is 10.2. The van der Waals surface area contributed by atoms with Crippen molar-refractivity contribution < 1.29 is 9.32 Å². The molecule has 5 nitrogen and oxygen atoms in total. The highest BCUT2D eigenvalue weighted by atomic mass is 32.2. The average Bonchev–Trinajstić information content (AvgIpc) is 3.26. The number of aromatic nitrogens is 1. The minimum atomic E-state index is -0.139. The largest absolute Gasteiger partial charge is 0.354 e. The number of rotatable bonds is 4. The molecule has 0 saturated carbocycles. The molecule has 2 aromatic carbocycles. The first-order valence-electron chi connectivity index (χ1n) is 9.12. The van der Waals surface area contributed by atoms with Crippen LogP contribution in [-0.2, 0) is 4.79 Å². The van der Waals surface area contributed by atoms with E-state index < -0.39 is 0 Å². The Morgan fingerprint density at radius 3 is 2.31 bits per heavy atom. The summed E-state index contributed by atoms with van der Waals surface area (Å²) in [6.07, 6.45) is 5.63. The third kappa shape index (κ3) is 3.93. The summed E-state index contributed by atoms with van der Waals surface area (Å²) in [5.41, 5.74) is 3.25. The molecule has 0 spiro atoms. The van der Waals surface area contributed by atoms with Crippen molar-refractivity contribution in [2.24, 2.45) is 4.99 Å². The zero-order valence-electron chi connectivity index (χ0n) is 16.1. The van der Waals surface area contributed by atoms with E-state index in [1.807, 2.05) is 85.8 Å². The molecule has 3 aromatic rings. The Labute approximate surface area is 173 Å². The minimum Gasteiger partial charge on any atom is -0.354 e. The summed E-state index contributed by atoms with van der Waals surface area (Å²) in [5.74, 6) is 0.377. The first-order chi connectivity index (χ1) is 14.2. The van der Waals surface area contributed by atoms with Crippen molar-refractivity contribution in [3.63, 3.8) is 0 Å². The fourth-order valence-corrected chi connectivity index (χ4v) is 3.95. The van der Waals surface area contributed by atoms with Gasteiger partial charge in [0.15, 0.2) is 10.9 Å². The van der Waals surface area contributed by atoms with E-state index in [4.69, 9.17) is 4.52 Å². The average molecular weight is 401 g/mol. The third-order valence-corrected chi connectivity index (χ3v) is 5.46. The lowest BCUT2D eigenvalue weighted by Crippen LogP contribution is -2.29. The van der Waals surface area contributed by atoms with Crippen molar-refractivity contribution in [1.82, 2.24) is 5.16 Å². The number of amidine groups is 1. The van der Waals surface area contributed by atoms with Gasteiger partial charge in [0.25, 0.3) is 5.91 Å². The van der Waals surface area contributed by atoms with E-state index in [0.717, 1.165) is 11.1 Å². The van der Waals surface area contributed by atoms with Gasteiger partial charge < -0.3 is 4.52 Å². The Bertz CT molecular complexity index is 1120. The molecule has 0 aliphatic carbocycles. The Morgan fingerprint density at radius 2 is 1.66 bits per heavy atom. The normalized spacial score (nSPS) is 17.2. The fourth-order valence-electron chi connectivity index (χ4n) is 3.02. The van der Waals surface area contributed by atoms with E-state index in [2.05, 4.69) is 10.1 Å². The summed E-state index contributed by atoms with van der Waals surface area (Å²) in [6, 6.07) is 19.7. The molecule has 0 radical (unpaired) electrons. The molecule has 1 fully saturated rings. The van der Waals surface area contributed by atoms with E-state index in [9.17, 15) is 4.79 Å². The third-order valence-electron chi connectivity index (χ3n) is 4.40. The van der Waals surface area contributed by atoms with Crippen LogP contribution in [0.15, 0.2) is 75.1 Å². The molecular weight excluding hydrogens is 382 g/mol. The lowest BCUT2D eigenvalue weighted by Gasteiger charge is -2.14. The maximum Gasteiger partial charge on any atom is 0.271 e. The second-order valence-corrected chi connectivity index (χ2v) is 7.40. The fraction of sp³-hybridized carbons (Fsp3) is 0.0870. The van der Waals surface area contributed by atoms with Gasteiger partial charge in [0.2, 0.25) is 0 Å². The Balaban J connectivity index is 1.71. The van der Waals surface area contributed by atoms with E-state index in [1.165, 1.54) is 11.8 Å². The highest BCUT2D eigenvalue weighted by molar-refractivity contribution is 8.19. The standard InChI is InChI=1S/C23H19N3O2S/c1-16-21(19(28-25-16)14-13-17-9-5-3-6-10-17)26-22(27)20(29-23(26)24-2)15-18-11-7-4-8-12-18/h3-15H,1-2H3/b14-13+,20-15-,24-23?. The number of benzene rings is 2. The van der Waals surface area contributed by atoms with Crippen LogP contribution < -0.4 is 4.90 Å². The summed E-state index contributed by atoms with van der Waals surface area (Å²) >= 11 is 1.35. The maximum absolute atomic E-state index is 13.2. The van der Waals surface area contributed by atoms with Crippen molar-refractivity contribution in [1.29, 1.82) is 0 Å². The highest BCUT2D eigenvalue weighted by Gasteiger charge is 2.37. The quantitative estimate of drug-likeness (QED) is 0.560. The van der Waals surface area contributed by atoms with Gasteiger partial charge in [-0.15, -0.1) is 0 Å². The number of carbonyl (C=O) groups is 1. The highest BCUT2D eigenvalue weighted by Crippen LogP contribution is 2.39. The number of amides is 1. The van der Waals surface area contributed by atoms with Gasteiger partial charge >= 0.3 is 0 Å². The van der Waals surface area contributed by atoms with Gasteiger partial charge in [-0.25, -0.2) is 4.90 Å². The monoisotopic (exact) mass is 401 g/mol. The maximum atomic E-state index is 13.2. The predicted octanol–water partition coefficient (Wildman–Crippen LogP) is 5.26. The Morgan fingerprint density at radius 1 is 1.00 bits per heavy atom. The molecule has 1 aliphatic rings. The van der Waals surface area contributed by atoms with Gasteiger partial charge in [0, 0.05) is 7.05 Å². The minimum absolute atomic E-state index is 0.139. The molecule has 1 aliphatic heterocycles. The Hall–Kier alpha value is -3.38. The zero-order chi connectivity index (χ0) is 20.2. The molecule has 0 bridgehead atoms. The number of nitrogens with zero attached hydrogens (tertiary/aromatic N) is 3. The van der Waals surface area contributed by atoms with E-state index >= 15 is 0 Å². The van der Waals surface area contributed by atoms with Crippen LogP contribution in [0.25, 0.3) is 18.2 Å². The number of anilines is 1. The topological polar surface area (TPSA) is 58.7 Å². The molecule has 1 aromatic heterocycles. The summed E-state index contributed by atoms with van der Waals surface area (Å²) in [4.78, 5) is 19.7. The lowest BCUT2D eigenvalue weighted by molar-refractivity contribution is -0.113. The van der Waals surface area contributed by atoms with Crippen molar-refractivity contribution >= 4 is 46.8 Å².